The Labute approximate surface area is 150 Å². The van der Waals surface area contributed by atoms with E-state index in [2.05, 4.69) is 16.4 Å². The molecule has 3 N–H and O–H groups in total. The van der Waals surface area contributed by atoms with Crippen LogP contribution in [0.25, 0.3) is 11.3 Å². The predicted octanol–water partition coefficient (Wildman–Crippen LogP) is 2.47. The van der Waals surface area contributed by atoms with Crippen LogP contribution < -0.4 is 15.8 Å². The van der Waals surface area contributed by atoms with E-state index in [9.17, 15) is 4.79 Å². The van der Waals surface area contributed by atoms with Gasteiger partial charge in [-0.05, 0) is 23.8 Å². The minimum absolute atomic E-state index is 0. The molecule has 1 aliphatic rings. The maximum absolute atomic E-state index is 11.9. The third kappa shape index (κ3) is 4.24. The molecule has 1 unspecified atom stereocenters. The summed E-state index contributed by atoms with van der Waals surface area (Å²) in [7, 11) is 1.55. The van der Waals surface area contributed by atoms with Gasteiger partial charge < -0.3 is 20.5 Å². The SMILES string of the molecule is COC(CN)CC(=O)Nc1nc(-c2ccc3c(c2)CCO3)cs1.Cl. The molecule has 2 heterocycles. The second-order valence-electron chi connectivity index (χ2n) is 5.30. The fraction of sp³-hybridized carbons (Fsp3) is 0.375. The molecule has 0 radical (unpaired) electrons. The molecule has 1 aromatic heterocycles. The number of methoxy groups -OCH3 is 1. The normalized spacial score (nSPS) is 13.6. The van der Waals surface area contributed by atoms with Crippen LogP contribution in [0.5, 0.6) is 5.75 Å². The molecular formula is C16H20ClN3O3S. The molecule has 0 fully saturated rings. The lowest BCUT2D eigenvalue weighted by molar-refractivity contribution is -0.118. The van der Waals surface area contributed by atoms with Crippen molar-refractivity contribution in [2.75, 3.05) is 25.6 Å². The van der Waals surface area contributed by atoms with Crippen molar-refractivity contribution in [2.24, 2.45) is 5.73 Å². The minimum atomic E-state index is -0.272. The van der Waals surface area contributed by atoms with Gasteiger partial charge in [-0.3, -0.25) is 4.79 Å². The summed E-state index contributed by atoms with van der Waals surface area (Å²) in [5.41, 5.74) is 8.60. The summed E-state index contributed by atoms with van der Waals surface area (Å²) in [6.07, 6.45) is 0.873. The van der Waals surface area contributed by atoms with Crippen LogP contribution in [-0.2, 0) is 16.0 Å². The number of fused-ring (bicyclic) bond motifs is 1. The third-order valence-electron chi connectivity index (χ3n) is 3.75. The number of hydrogen-bond donors (Lipinski definition) is 2. The van der Waals surface area contributed by atoms with Gasteiger partial charge in [0, 0.05) is 31.0 Å². The van der Waals surface area contributed by atoms with E-state index in [-0.39, 0.29) is 30.8 Å². The molecule has 0 bridgehead atoms. The Kier molecular flexibility index (Phi) is 6.56. The zero-order chi connectivity index (χ0) is 16.2. The molecule has 0 aliphatic carbocycles. The van der Waals surface area contributed by atoms with E-state index in [4.69, 9.17) is 15.2 Å². The Morgan fingerprint density at radius 1 is 1.54 bits per heavy atom. The molecule has 0 saturated carbocycles. The van der Waals surface area contributed by atoms with E-state index in [1.165, 1.54) is 16.9 Å². The number of nitrogens with two attached hydrogens (primary N) is 1. The van der Waals surface area contributed by atoms with E-state index in [0.717, 1.165) is 30.0 Å². The molecule has 0 saturated heterocycles. The first-order valence-electron chi connectivity index (χ1n) is 7.44. The lowest BCUT2D eigenvalue weighted by Crippen LogP contribution is -2.28. The highest BCUT2D eigenvalue weighted by molar-refractivity contribution is 7.14. The van der Waals surface area contributed by atoms with E-state index in [1.54, 1.807) is 7.11 Å². The van der Waals surface area contributed by atoms with E-state index in [0.29, 0.717) is 11.7 Å². The number of nitrogens with one attached hydrogen (secondary N) is 1. The molecule has 130 valence electrons. The fourth-order valence-electron chi connectivity index (χ4n) is 2.45. The number of nitrogens with zero attached hydrogens (tertiary/aromatic N) is 1. The Balaban J connectivity index is 0.00000208. The second-order valence-corrected chi connectivity index (χ2v) is 6.16. The first-order valence-corrected chi connectivity index (χ1v) is 8.32. The van der Waals surface area contributed by atoms with Crippen LogP contribution in [-0.4, -0.2) is 37.3 Å². The zero-order valence-corrected chi connectivity index (χ0v) is 14.9. The van der Waals surface area contributed by atoms with Crippen LogP contribution >= 0.6 is 23.7 Å². The smallest absolute Gasteiger partial charge is 0.228 e. The summed E-state index contributed by atoms with van der Waals surface area (Å²) in [6, 6.07) is 6.05. The zero-order valence-electron chi connectivity index (χ0n) is 13.3. The van der Waals surface area contributed by atoms with Crippen molar-refractivity contribution >= 4 is 34.8 Å². The van der Waals surface area contributed by atoms with E-state index in [1.807, 2.05) is 17.5 Å². The number of aromatic nitrogens is 1. The van der Waals surface area contributed by atoms with Gasteiger partial charge in [-0.25, -0.2) is 4.98 Å². The van der Waals surface area contributed by atoms with Crippen LogP contribution in [0.15, 0.2) is 23.6 Å². The molecule has 0 spiro atoms. The Hall–Kier alpha value is -1.67. The van der Waals surface area contributed by atoms with Gasteiger partial charge in [0.05, 0.1) is 24.8 Å². The van der Waals surface area contributed by atoms with Gasteiger partial charge >= 0.3 is 0 Å². The van der Waals surface area contributed by atoms with Gasteiger partial charge in [-0.2, -0.15) is 0 Å². The molecule has 1 amide bonds. The first-order chi connectivity index (χ1) is 11.2. The number of amides is 1. The van der Waals surface area contributed by atoms with Gasteiger partial charge in [-0.15, -0.1) is 23.7 Å². The molecule has 6 nitrogen and oxygen atoms in total. The second kappa shape index (κ2) is 8.43. The Morgan fingerprint density at radius 2 is 2.38 bits per heavy atom. The number of anilines is 1. The molecule has 1 aliphatic heterocycles. The molecule has 24 heavy (non-hydrogen) atoms. The predicted molar refractivity (Wildman–Crippen MR) is 97.1 cm³/mol. The van der Waals surface area contributed by atoms with E-state index < -0.39 is 0 Å². The van der Waals surface area contributed by atoms with Crippen molar-refractivity contribution < 1.29 is 14.3 Å². The van der Waals surface area contributed by atoms with Gasteiger partial charge in [0.25, 0.3) is 0 Å². The van der Waals surface area contributed by atoms with Crippen molar-refractivity contribution in [3.63, 3.8) is 0 Å². The summed E-state index contributed by atoms with van der Waals surface area (Å²) in [5, 5.41) is 5.30. The summed E-state index contributed by atoms with van der Waals surface area (Å²) in [6.45, 7) is 1.04. The Bertz CT molecular complexity index is 704. The monoisotopic (exact) mass is 369 g/mol. The summed E-state index contributed by atoms with van der Waals surface area (Å²) < 4.78 is 10.6. The topological polar surface area (TPSA) is 86.5 Å². The number of carbonyl (C=O) groups excluding carboxylic acids is 1. The fourth-order valence-corrected chi connectivity index (χ4v) is 3.19. The highest BCUT2D eigenvalue weighted by Crippen LogP contribution is 2.31. The van der Waals surface area contributed by atoms with Crippen molar-refractivity contribution in [3.8, 4) is 17.0 Å². The molecule has 8 heteroatoms. The molecular weight excluding hydrogens is 350 g/mol. The molecule has 1 atom stereocenters. The number of rotatable bonds is 6. The van der Waals surface area contributed by atoms with Crippen molar-refractivity contribution in [2.45, 2.75) is 18.9 Å². The number of thiazole rings is 1. The van der Waals surface area contributed by atoms with Gasteiger partial charge in [-0.1, -0.05) is 0 Å². The standard InChI is InChI=1S/C16H19N3O3S.ClH/c1-21-12(8-17)7-15(20)19-16-18-13(9-23-16)10-2-3-14-11(6-10)4-5-22-14;/h2-3,6,9,12H,4-5,7-8,17H2,1H3,(H,18,19,20);1H. The average molecular weight is 370 g/mol. The minimum Gasteiger partial charge on any atom is -0.493 e. The van der Waals surface area contributed by atoms with Crippen LogP contribution in [0.2, 0.25) is 0 Å². The molecule has 3 rings (SSSR count). The van der Waals surface area contributed by atoms with Crippen LogP contribution in [0.3, 0.4) is 0 Å². The van der Waals surface area contributed by atoms with Gasteiger partial charge in [0.2, 0.25) is 5.91 Å². The number of carbonyl (C=O) groups is 1. The lowest BCUT2D eigenvalue weighted by atomic mass is 10.1. The first kappa shape index (κ1) is 18.7. The maximum atomic E-state index is 11.9. The van der Waals surface area contributed by atoms with Gasteiger partial charge in [0.15, 0.2) is 5.13 Å². The summed E-state index contributed by atoms with van der Waals surface area (Å²) >= 11 is 1.40. The number of ether oxygens (including phenoxy) is 2. The summed E-state index contributed by atoms with van der Waals surface area (Å²) in [5.74, 6) is 0.801. The summed E-state index contributed by atoms with van der Waals surface area (Å²) in [4.78, 5) is 16.4. The Morgan fingerprint density at radius 3 is 3.12 bits per heavy atom. The lowest BCUT2D eigenvalue weighted by Gasteiger charge is -2.11. The van der Waals surface area contributed by atoms with Crippen molar-refractivity contribution in [1.82, 2.24) is 4.98 Å². The quantitative estimate of drug-likeness (QED) is 0.816. The van der Waals surface area contributed by atoms with Crippen molar-refractivity contribution in [3.05, 3.63) is 29.1 Å². The van der Waals surface area contributed by atoms with Crippen LogP contribution in [0, 0.1) is 0 Å². The number of halogens is 1. The average Bonchev–Trinajstić information content (AvgIpc) is 3.20. The van der Waals surface area contributed by atoms with Gasteiger partial charge in [0.1, 0.15) is 5.75 Å². The molecule has 1 aromatic carbocycles. The largest absolute Gasteiger partial charge is 0.493 e. The maximum Gasteiger partial charge on any atom is 0.228 e. The van der Waals surface area contributed by atoms with Crippen molar-refractivity contribution in [1.29, 1.82) is 0 Å². The highest BCUT2D eigenvalue weighted by atomic mass is 35.5. The number of hydrogen-bond acceptors (Lipinski definition) is 6. The van der Waals surface area contributed by atoms with Crippen LogP contribution in [0.1, 0.15) is 12.0 Å². The molecule has 2 aromatic rings. The van der Waals surface area contributed by atoms with Crippen LogP contribution in [0.4, 0.5) is 5.13 Å². The number of benzene rings is 1. The van der Waals surface area contributed by atoms with E-state index >= 15 is 0 Å². The highest BCUT2D eigenvalue weighted by Gasteiger charge is 2.15. The third-order valence-corrected chi connectivity index (χ3v) is 4.50.